The highest BCUT2D eigenvalue weighted by Gasteiger charge is 2.31. The fourth-order valence-corrected chi connectivity index (χ4v) is 1.75. The van der Waals surface area contributed by atoms with Crippen LogP contribution < -0.4 is 11.2 Å². The van der Waals surface area contributed by atoms with Crippen LogP contribution in [0, 0.1) is 11.8 Å². The molecule has 0 aromatic heterocycles. The zero-order valence-electron chi connectivity index (χ0n) is 6.42. The quantitative estimate of drug-likeness (QED) is 0.387. The highest BCUT2D eigenvalue weighted by atomic mass is 16.5. The van der Waals surface area contributed by atoms with E-state index in [1.807, 2.05) is 0 Å². The van der Waals surface area contributed by atoms with Crippen LogP contribution in [0.25, 0.3) is 0 Å². The van der Waals surface area contributed by atoms with Crippen molar-refractivity contribution in [3.05, 3.63) is 0 Å². The van der Waals surface area contributed by atoms with E-state index in [0.29, 0.717) is 6.54 Å². The van der Waals surface area contributed by atoms with Gasteiger partial charge in [0.25, 0.3) is 0 Å². The van der Waals surface area contributed by atoms with Gasteiger partial charge in [-0.25, -0.2) is 5.48 Å². The second-order valence-corrected chi connectivity index (χ2v) is 3.01. The van der Waals surface area contributed by atoms with E-state index in [1.165, 1.54) is 0 Å². The van der Waals surface area contributed by atoms with Gasteiger partial charge in [-0.15, -0.1) is 0 Å². The number of hydrogen-bond donors (Lipinski definition) is 3. The maximum Gasteiger partial charge on any atom is 0.246 e. The summed E-state index contributed by atoms with van der Waals surface area (Å²) in [5.74, 6) is -0.0786. The Balaban J connectivity index is 2.49. The third kappa shape index (κ3) is 1.70. The van der Waals surface area contributed by atoms with Gasteiger partial charge in [0.15, 0.2) is 0 Å². The molecule has 0 saturated heterocycles. The van der Waals surface area contributed by atoms with Gasteiger partial charge in [-0.05, 0) is 25.3 Å². The Labute approximate surface area is 65.7 Å². The van der Waals surface area contributed by atoms with E-state index in [2.05, 4.69) is 0 Å². The Morgan fingerprint density at radius 3 is 2.91 bits per heavy atom. The van der Waals surface area contributed by atoms with Crippen molar-refractivity contribution < 1.29 is 10.0 Å². The van der Waals surface area contributed by atoms with Crippen LogP contribution in [0.5, 0.6) is 0 Å². The fourth-order valence-electron chi connectivity index (χ4n) is 1.75. The Morgan fingerprint density at radius 2 is 2.36 bits per heavy atom. The minimum atomic E-state index is -0.280. The molecule has 0 radical (unpaired) electrons. The van der Waals surface area contributed by atoms with E-state index in [-0.39, 0.29) is 17.7 Å². The van der Waals surface area contributed by atoms with Gasteiger partial charge in [0.1, 0.15) is 0 Å². The van der Waals surface area contributed by atoms with Crippen molar-refractivity contribution in [1.29, 1.82) is 0 Å². The molecular weight excluding hydrogens is 144 g/mol. The summed E-state index contributed by atoms with van der Waals surface area (Å²) in [6.07, 6.45) is 2.91. The monoisotopic (exact) mass is 158 g/mol. The van der Waals surface area contributed by atoms with Crippen LogP contribution in [0.3, 0.4) is 0 Å². The number of hydroxylamine groups is 1. The van der Waals surface area contributed by atoms with E-state index in [9.17, 15) is 4.79 Å². The standard InChI is InChI=1S/C7H14N2O2/c8-4-5-2-1-3-6(5)7(10)9-11/h5-6,11H,1-4,8H2,(H,9,10). The van der Waals surface area contributed by atoms with Crippen molar-refractivity contribution in [3.63, 3.8) is 0 Å². The van der Waals surface area contributed by atoms with E-state index in [0.717, 1.165) is 19.3 Å². The smallest absolute Gasteiger partial charge is 0.246 e. The molecule has 0 aromatic rings. The molecule has 1 amide bonds. The van der Waals surface area contributed by atoms with Crippen LogP contribution in [0.2, 0.25) is 0 Å². The minimum Gasteiger partial charge on any atom is -0.330 e. The molecule has 11 heavy (non-hydrogen) atoms. The molecule has 1 aliphatic rings. The SMILES string of the molecule is NCC1CCCC1C(=O)NO. The molecule has 2 atom stereocenters. The lowest BCUT2D eigenvalue weighted by molar-refractivity contribution is -0.134. The third-order valence-corrected chi connectivity index (χ3v) is 2.41. The lowest BCUT2D eigenvalue weighted by atomic mass is 9.96. The largest absolute Gasteiger partial charge is 0.330 e. The van der Waals surface area contributed by atoms with Gasteiger partial charge in [-0.2, -0.15) is 0 Å². The predicted molar refractivity (Wildman–Crippen MR) is 39.8 cm³/mol. The fraction of sp³-hybridized carbons (Fsp3) is 0.857. The summed E-state index contributed by atoms with van der Waals surface area (Å²) in [7, 11) is 0. The summed E-state index contributed by atoms with van der Waals surface area (Å²) in [6, 6.07) is 0. The number of nitrogens with two attached hydrogens (primary N) is 1. The highest BCUT2D eigenvalue weighted by molar-refractivity contribution is 5.78. The molecule has 1 saturated carbocycles. The first-order valence-corrected chi connectivity index (χ1v) is 3.93. The molecule has 1 aliphatic carbocycles. The number of hydrogen-bond acceptors (Lipinski definition) is 3. The number of amides is 1. The van der Waals surface area contributed by atoms with Gasteiger partial charge in [0.2, 0.25) is 5.91 Å². The van der Waals surface area contributed by atoms with Crippen molar-refractivity contribution >= 4 is 5.91 Å². The summed E-state index contributed by atoms with van der Waals surface area (Å²) < 4.78 is 0. The molecule has 2 unspecified atom stereocenters. The van der Waals surface area contributed by atoms with Crippen LogP contribution in [0.4, 0.5) is 0 Å². The van der Waals surface area contributed by atoms with Crippen LogP contribution >= 0.6 is 0 Å². The van der Waals surface area contributed by atoms with Gasteiger partial charge < -0.3 is 5.73 Å². The van der Waals surface area contributed by atoms with Gasteiger partial charge >= 0.3 is 0 Å². The summed E-state index contributed by atoms with van der Waals surface area (Å²) in [6.45, 7) is 0.540. The number of carbonyl (C=O) groups is 1. The second kappa shape index (κ2) is 3.69. The molecule has 0 aromatic carbocycles. The Kier molecular flexibility index (Phi) is 2.84. The third-order valence-electron chi connectivity index (χ3n) is 2.41. The molecule has 0 aliphatic heterocycles. The zero-order valence-corrected chi connectivity index (χ0v) is 6.42. The van der Waals surface area contributed by atoms with Crippen molar-refractivity contribution in [1.82, 2.24) is 5.48 Å². The Morgan fingerprint density at radius 1 is 1.64 bits per heavy atom. The molecule has 1 rings (SSSR count). The van der Waals surface area contributed by atoms with Gasteiger partial charge in [0, 0.05) is 5.92 Å². The van der Waals surface area contributed by atoms with Gasteiger partial charge in [-0.1, -0.05) is 6.42 Å². The maximum absolute atomic E-state index is 11.0. The molecule has 4 nitrogen and oxygen atoms in total. The summed E-state index contributed by atoms with van der Waals surface area (Å²) in [5, 5.41) is 8.37. The number of nitrogens with one attached hydrogen (secondary N) is 1. The average molecular weight is 158 g/mol. The topological polar surface area (TPSA) is 75.4 Å². The number of rotatable bonds is 2. The average Bonchev–Trinajstić information content (AvgIpc) is 2.50. The van der Waals surface area contributed by atoms with Crippen LogP contribution in [0.15, 0.2) is 0 Å². The molecule has 0 heterocycles. The minimum absolute atomic E-state index is 0.0648. The molecule has 1 fully saturated rings. The lowest BCUT2D eigenvalue weighted by Crippen LogP contribution is -2.33. The van der Waals surface area contributed by atoms with E-state index < -0.39 is 0 Å². The van der Waals surface area contributed by atoms with E-state index in [1.54, 1.807) is 5.48 Å². The van der Waals surface area contributed by atoms with Crippen molar-refractivity contribution in [2.24, 2.45) is 17.6 Å². The first-order valence-electron chi connectivity index (χ1n) is 3.93. The normalized spacial score (nSPS) is 30.4. The summed E-state index contributed by atoms with van der Waals surface area (Å²) >= 11 is 0. The molecule has 4 heteroatoms. The van der Waals surface area contributed by atoms with Crippen molar-refractivity contribution in [2.45, 2.75) is 19.3 Å². The van der Waals surface area contributed by atoms with E-state index in [4.69, 9.17) is 10.9 Å². The van der Waals surface area contributed by atoms with Crippen LogP contribution in [0.1, 0.15) is 19.3 Å². The Bertz CT molecular complexity index is 149. The summed E-state index contributed by atoms with van der Waals surface area (Å²) in [5.41, 5.74) is 7.13. The highest BCUT2D eigenvalue weighted by Crippen LogP contribution is 2.30. The molecule has 4 N–H and O–H groups in total. The molecule has 0 spiro atoms. The molecule has 64 valence electrons. The lowest BCUT2D eigenvalue weighted by Gasteiger charge is -2.14. The predicted octanol–water partition coefficient (Wildman–Crippen LogP) is -0.133. The maximum atomic E-state index is 11.0. The van der Waals surface area contributed by atoms with Crippen molar-refractivity contribution in [2.75, 3.05) is 6.54 Å². The summed E-state index contributed by atoms with van der Waals surface area (Å²) in [4.78, 5) is 11.0. The molecule has 0 bridgehead atoms. The van der Waals surface area contributed by atoms with Crippen LogP contribution in [-0.4, -0.2) is 17.7 Å². The van der Waals surface area contributed by atoms with Crippen LogP contribution in [-0.2, 0) is 4.79 Å². The Hall–Kier alpha value is -0.610. The van der Waals surface area contributed by atoms with Gasteiger partial charge in [0.05, 0.1) is 0 Å². The van der Waals surface area contributed by atoms with E-state index >= 15 is 0 Å². The second-order valence-electron chi connectivity index (χ2n) is 3.01. The zero-order chi connectivity index (χ0) is 8.27. The van der Waals surface area contributed by atoms with Gasteiger partial charge in [-0.3, -0.25) is 10.0 Å². The molecular formula is C7H14N2O2. The first-order chi connectivity index (χ1) is 5.29. The first kappa shape index (κ1) is 8.49. The van der Waals surface area contributed by atoms with Crippen molar-refractivity contribution in [3.8, 4) is 0 Å². The number of carbonyl (C=O) groups excluding carboxylic acids is 1.